The molecule has 3 aromatic rings. The Morgan fingerprint density at radius 3 is 2.47 bits per heavy atom. The van der Waals surface area contributed by atoms with Gasteiger partial charge in [-0.2, -0.15) is 0 Å². The highest BCUT2D eigenvalue weighted by Gasteiger charge is 2.49. The van der Waals surface area contributed by atoms with Crippen LogP contribution in [0.15, 0.2) is 35.5 Å². The lowest BCUT2D eigenvalue weighted by atomic mass is 9.90. The van der Waals surface area contributed by atoms with E-state index in [1.807, 2.05) is 0 Å². The number of halogens is 3. The number of sulfone groups is 1. The highest BCUT2D eigenvalue weighted by atomic mass is 35.5. The van der Waals surface area contributed by atoms with E-state index in [1.165, 1.54) is 33.0 Å². The molecule has 1 aliphatic heterocycles. The van der Waals surface area contributed by atoms with Gasteiger partial charge in [-0.3, -0.25) is 4.99 Å². The second-order valence-corrected chi connectivity index (χ2v) is 11.4. The minimum atomic E-state index is -3.83. The molecule has 0 unspecified atom stereocenters. The molecule has 0 radical (unpaired) electrons. The largest absolute Gasteiger partial charge is 0.386 e. The summed E-state index contributed by atoms with van der Waals surface area (Å²) in [5, 5.41) is 0.796. The zero-order chi connectivity index (χ0) is 23.6. The van der Waals surface area contributed by atoms with Crippen molar-refractivity contribution in [2.45, 2.75) is 31.1 Å². The number of pyridine rings is 2. The third-order valence-corrected chi connectivity index (χ3v) is 8.82. The van der Waals surface area contributed by atoms with Gasteiger partial charge in [0.15, 0.2) is 21.5 Å². The highest BCUT2D eigenvalue weighted by Crippen LogP contribution is 2.40. The van der Waals surface area contributed by atoms with Gasteiger partial charge in [-0.25, -0.2) is 27.2 Å². The van der Waals surface area contributed by atoms with Crippen molar-refractivity contribution >= 4 is 44.0 Å². The van der Waals surface area contributed by atoms with Gasteiger partial charge in [0.2, 0.25) is 0 Å². The zero-order valence-corrected chi connectivity index (χ0v) is 19.0. The standard InChI is InChI=1S/C21H20ClF2N5O2S/c1-20(2)19(26)29-21(3,9-32(20,30)31)12-6-11(8-14(23)15(12)24)16-13(22)7-10-4-5-27-18(25)17(10)28-16/h4-8H,9H2,1-3H3,(H2,25,27)(H2,26,29)/t21-/m1/s1. The third-order valence-electron chi connectivity index (χ3n) is 5.83. The molecule has 1 aromatic carbocycles. The Balaban J connectivity index is 1.97. The molecular weight excluding hydrogens is 460 g/mol. The number of aliphatic imine (C=N–C) groups is 1. The number of rotatable bonds is 2. The Morgan fingerprint density at radius 2 is 1.81 bits per heavy atom. The summed E-state index contributed by atoms with van der Waals surface area (Å²) in [5.74, 6) is -3.01. The molecule has 0 saturated carbocycles. The van der Waals surface area contributed by atoms with Crippen LogP contribution in [0.25, 0.3) is 22.2 Å². The molecular formula is C21H20ClF2N5O2S. The van der Waals surface area contributed by atoms with Crippen LogP contribution in [-0.4, -0.2) is 34.7 Å². The fourth-order valence-corrected chi connectivity index (χ4v) is 5.65. The van der Waals surface area contributed by atoms with Gasteiger partial charge in [0.05, 0.1) is 16.5 Å². The number of anilines is 1. The molecule has 3 heterocycles. The highest BCUT2D eigenvalue weighted by molar-refractivity contribution is 7.93. The number of benzene rings is 1. The van der Waals surface area contributed by atoms with E-state index >= 15 is 0 Å². The van der Waals surface area contributed by atoms with Crippen molar-refractivity contribution < 1.29 is 17.2 Å². The summed E-state index contributed by atoms with van der Waals surface area (Å²) in [4.78, 5) is 12.7. The van der Waals surface area contributed by atoms with E-state index in [-0.39, 0.29) is 33.5 Å². The van der Waals surface area contributed by atoms with Crippen LogP contribution >= 0.6 is 11.6 Å². The van der Waals surface area contributed by atoms with E-state index in [0.717, 1.165) is 6.07 Å². The number of nitrogens with zero attached hydrogens (tertiary/aromatic N) is 3. The number of hydrogen-bond donors (Lipinski definition) is 2. The molecule has 168 valence electrons. The molecule has 1 aliphatic rings. The second-order valence-electron chi connectivity index (χ2n) is 8.45. The quantitative estimate of drug-likeness (QED) is 0.578. The van der Waals surface area contributed by atoms with E-state index in [2.05, 4.69) is 15.0 Å². The number of hydrogen-bond acceptors (Lipinski definition) is 7. The lowest BCUT2D eigenvalue weighted by molar-refractivity contribution is 0.445. The van der Waals surface area contributed by atoms with Crippen LogP contribution < -0.4 is 11.5 Å². The number of amidine groups is 1. The van der Waals surface area contributed by atoms with Crippen molar-refractivity contribution in [2.24, 2.45) is 10.7 Å². The van der Waals surface area contributed by atoms with Crippen LogP contribution in [0, 0.1) is 11.6 Å². The fraction of sp³-hybridized carbons (Fsp3) is 0.286. The molecule has 0 aliphatic carbocycles. The maximum atomic E-state index is 15.0. The lowest BCUT2D eigenvalue weighted by Crippen LogP contribution is -2.55. The molecule has 0 bridgehead atoms. The van der Waals surface area contributed by atoms with Gasteiger partial charge >= 0.3 is 0 Å². The smallest absolute Gasteiger partial charge is 0.165 e. The van der Waals surface area contributed by atoms with E-state index in [0.29, 0.717) is 10.9 Å². The fourth-order valence-electron chi connectivity index (χ4n) is 3.69. The van der Waals surface area contributed by atoms with Gasteiger partial charge in [-0.05, 0) is 45.0 Å². The number of nitrogen functional groups attached to an aromatic ring is 1. The maximum Gasteiger partial charge on any atom is 0.165 e. The molecule has 0 amide bonds. The first-order valence-electron chi connectivity index (χ1n) is 9.55. The molecule has 0 spiro atoms. The van der Waals surface area contributed by atoms with Crippen molar-refractivity contribution in [1.29, 1.82) is 0 Å². The summed E-state index contributed by atoms with van der Waals surface area (Å²) < 4.78 is 54.0. The van der Waals surface area contributed by atoms with Gasteiger partial charge in [0, 0.05) is 22.7 Å². The normalized spacial score (nSPS) is 22.0. The van der Waals surface area contributed by atoms with E-state index in [9.17, 15) is 17.2 Å². The Morgan fingerprint density at radius 1 is 1.12 bits per heavy atom. The van der Waals surface area contributed by atoms with Crippen LogP contribution in [0.1, 0.15) is 26.3 Å². The minimum absolute atomic E-state index is 0.131. The first-order valence-corrected chi connectivity index (χ1v) is 11.6. The third kappa shape index (κ3) is 3.29. The van der Waals surface area contributed by atoms with Crippen LogP contribution in [-0.2, 0) is 15.4 Å². The summed E-state index contributed by atoms with van der Waals surface area (Å²) in [5.41, 5.74) is 10.5. The van der Waals surface area contributed by atoms with E-state index < -0.39 is 37.5 Å². The summed E-state index contributed by atoms with van der Waals surface area (Å²) in [6.07, 6.45) is 1.50. The Bertz CT molecular complexity index is 1430. The molecule has 11 heteroatoms. The van der Waals surface area contributed by atoms with Crippen molar-refractivity contribution in [3.63, 3.8) is 0 Å². The van der Waals surface area contributed by atoms with Crippen LogP contribution in [0.3, 0.4) is 0 Å². The molecule has 1 atom stereocenters. The SMILES string of the molecule is CC1(C)C(N)=N[C@@](C)(c2cc(-c3nc4c(N)nccc4cc3Cl)cc(F)c2F)CS1(=O)=O. The maximum absolute atomic E-state index is 15.0. The Kier molecular flexibility index (Phi) is 4.94. The van der Waals surface area contributed by atoms with Crippen molar-refractivity contribution in [2.75, 3.05) is 11.5 Å². The van der Waals surface area contributed by atoms with Gasteiger partial charge in [-0.15, -0.1) is 0 Å². The van der Waals surface area contributed by atoms with Gasteiger partial charge in [-0.1, -0.05) is 11.6 Å². The Labute approximate surface area is 188 Å². The van der Waals surface area contributed by atoms with Crippen molar-refractivity contribution in [1.82, 2.24) is 9.97 Å². The molecule has 2 aromatic heterocycles. The minimum Gasteiger partial charge on any atom is -0.386 e. The predicted octanol–water partition coefficient (Wildman–Crippen LogP) is 3.59. The average molecular weight is 480 g/mol. The predicted molar refractivity (Wildman–Crippen MR) is 121 cm³/mol. The van der Waals surface area contributed by atoms with Crippen molar-refractivity contribution in [3.8, 4) is 11.3 Å². The van der Waals surface area contributed by atoms with Crippen LogP contribution in [0.4, 0.5) is 14.6 Å². The average Bonchev–Trinajstić information content (AvgIpc) is 2.68. The molecule has 0 saturated heterocycles. The topological polar surface area (TPSA) is 124 Å². The number of fused-ring (bicyclic) bond motifs is 1. The van der Waals surface area contributed by atoms with Gasteiger partial charge in [0.1, 0.15) is 27.5 Å². The molecule has 0 fully saturated rings. The summed E-state index contributed by atoms with van der Waals surface area (Å²) >= 11 is 6.38. The van der Waals surface area contributed by atoms with Crippen molar-refractivity contribution in [3.05, 3.63) is 52.7 Å². The van der Waals surface area contributed by atoms with Gasteiger partial charge in [0.25, 0.3) is 0 Å². The van der Waals surface area contributed by atoms with E-state index in [4.69, 9.17) is 23.1 Å². The monoisotopic (exact) mass is 479 g/mol. The number of nitrogens with two attached hydrogens (primary N) is 2. The molecule has 4 N–H and O–H groups in total. The van der Waals surface area contributed by atoms with Gasteiger partial charge < -0.3 is 11.5 Å². The summed E-state index contributed by atoms with van der Waals surface area (Å²) in [6.45, 7) is 4.24. The molecule has 32 heavy (non-hydrogen) atoms. The Hall–Kier alpha value is -2.85. The lowest BCUT2D eigenvalue weighted by Gasteiger charge is -2.38. The molecule has 4 rings (SSSR count). The second kappa shape index (κ2) is 7.08. The number of aromatic nitrogens is 2. The summed E-state index contributed by atoms with van der Waals surface area (Å²) in [7, 11) is -3.83. The van der Waals surface area contributed by atoms with E-state index in [1.54, 1.807) is 12.1 Å². The first-order chi connectivity index (χ1) is 14.8. The van der Waals surface area contributed by atoms with Crippen LogP contribution in [0.2, 0.25) is 5.02 Å². The van der Waals surface area contributed by atoms with Crippen LogP contribution in [0.5, 0.6) is 0 Å². The summed E-state index contributed by atoms with van der Waals surface area (Å²) in [6, 6.07) is 5.47. The molecule has 7 nitrogen and oxygen atoms in total. The zero-order valence-electron chi connectivity index (χ0n) is 17.4. The first kappa shape index (κ1) is 22.3.